The Morgan fingerprint density at radius 3 is 2.29 bits per heavy atom. The Labute approximate surface area is 229 Å². The third-order valence-electron chi connectivity index (χ3n) is 6.39. The summed E-state index contributed by atoms with van der Waals surface area (Å²) in [6.45, 7) is 3.98. The Kier molecular flexibility index (Phi) is 7.86. The average Bonchev–Trinajstić information content (AvgIpc) is 3.28. The summed E-state index contributed by atoms with van der Waals surface area (Å²) in [6.07, 6.45) is 0.331. The molecule has 6 nitrogen and oxygen atoms in total. The lowest BCUT2D eigenvalue weighted by molar-refractivity contribution is 0.413. The fraction of sp³-hybridized carbons (Fsp3) is 0.222. The molecule has 2 N–H and O–H groups in total. The van der Waals surface area contributed by atoms with Crippen molar-refractivity contribution < 1.29 is 26.5 Å². The summed E-state index contributed by atoms with van der Waals surface area (Å²) in [6, 6.07) is 13.1. The fourth-order valence-electron chi connectivity index (χ4n) is 4.21. The lowest BCUT2D eigenvalue weighted by atomic mass is 9.79. The van der Waals surface area contributed by atoms with Crippen molar-refractivity contribution in [2.45, 2.75) is 37.0 Å². The SMILES string of the molecule is COc1cc(C(C)(C)c2[nH]c(CCc3c(F)cc(S(=O)(=O)O)cc3Cl)nc2-c2ccc(F)cc2)ccc1Cl. The lowest BCUT2D eigenvalue weighted by Gasteiger charge is -2.26. The Balaban J connectivity index is 1.75. The summed E-state index contributed by atoms with van der Waals surface area (Å²) >= 11 is 12.4. The number of rotatable bonds is 8. The van der Waals surface area contributed by atoms with Crippen molar-refractivity contribution in [1.29, 1.82) is 0 Å². The minimum atomic E-state index is -4.61. The number of methoxy groups -OCH3 is 1. The maximum atomic E-state index is 14.7. The summed E-state index contributed by atoms with van der Waals surface area (Å²) in [5, 5.41) is 0.340. The number of benzene rings is 3. The zero-order valence-electron chi connectivity index (χ0n) is 20.6. The summed E-state index contributed by atoms with van der Waals surface area (Å²) < 4.78 is 65.7. The van der Waals surface area contributed by atoms with E-state index in [1.807, 2.05) is 26.0 Å². The molecule has 1 heterocycles. The van der Waals surface area contributed by atoms with E-state index in [0.29, 0.717) is 27.9 Å². The standard InChI is InChI=1S/C27H24Cl2F2N2O4S/c1-27(2,16-6-10-20(28)23(12-16)37-3)26-25(15-4-7-17(30)8-5-15)32-24(33-26)11-9-19-21(29)13-18(14-22(19)31)38(34,35)36/h4-8,10,12-14H,9,11H2,1-3H3,(H,32,33)(H,34,35,36). The highest BCUT2D eigenvalue weighted by Crippen LogP contribution is 2.39. The Hall–Kier alpha value is -2.98. The van der Waals surface area contributed by atoms with E-state index in [-0.39, 0.29) is 29.2 Å². The molecule has 0 unspecified atom stereocenters. The molecule has 0 spiro atoms. The highest BCUT2D eigenvalue weighted by atomic mass is 35.5. The van der Waals surface area contributed by atoms with Gasteiger partial charge in [0.15, 0.2) is 0 Å². The first-order chi connectivity index (χ1) is 17.8. The minimum Gasteiger partial charge on any atom is -0.495 e. The normalized spacial score (nSPS) is 12.1. The predicted octanol–water partition coefficient (Wildman–Crippen LogP) is 7.03. The number of aromatic amines is 1. The number of ether oxygens (including phenoxy) is 1. The Bertz CT molecular complexity index is 1580. The topological polar surface area (TPSA) is 92.3 Å². The maximum Gasteiger partial charge on any atom is 0.294 e. The Morgan fingerprint density at radius 2 is 1.68 bits per heavy atom. The van der Waals surface area contributed by atoms with Crippen LogP contribution in [0.25, 0.3) is 11.3 Å². The van der Waals surface area contributed by atoms with Crippen LogP contribution in [0.15, 0.2) is 59.5 Å². The number of halogens is 4. The van der Waals surface area contributed by atoms with Gasteiger partial charge in [-0.15, -0.1) is 0 Å². The van der Waals surface area contributed by atoms with Crippen molar-refractivity contribution >= 4 is 33.3 Å². The maximum absolute atomic E-state index is 14.7. The van der Waals surface area contributed by atoms with Gasteiger partial charge in [0.25, 0.3) is 10.1 Å². The molecule has 0 saturated carbocycles. The second-order valence-corrected chi connectivity index (χ2v) is 11.5. The van der Waals surface area contributed by atoms with Crippen LogP contribution in [0.2, 0.25) is 10.0 Å². The first-order valence-corrected chi connectivity index (χ1v) is 13.7. The average molecular weight is 581 g/mol. The van der Waals surface area contributed by atoms with E-state index in [2.05, 4.69) is 4.98 Å². The van der Waals surface area contributed by atoms with E-state index >= 15 is 0 Å². The van der Waals surface area contributed by atoms with E-state index in [9.17, 15) is 21.8 Å². The molecule has 0 aliphatic carbocycles. The van der Waals surface area contributed by atoms with Gasteiger partial charge >= 0.3 is 0 Å². The molecule has 0 fully saturated rings. The van der Waals surface area contributed by atoms with Gasteiger partial charge < -0.3 is 9.72 Å². The van der Waals surface area contributed by atoms with Gasteiger partial charge in [-0.25, -0.2) is 13.8 Å². The molecule has 200 valence electrons. The van der Waals surface area contributed by atoms with Gasteiger partial charge in [0, 0.05) is 28.0 Å². The summed E-state index contributed by atoms with van der Waals surface area (Å²) in [4.78, 5) is 7.48. The number of nitrogens with one attached hydrogen (secondary N) is 1. The molecule has 3 aromatic carbocycles. The highest BCUT2D eigenvalue weighted by Gasteiger charge is 2.31. The van der Waals surface area contributed by atoms with Crippen LogP contribution in [0, 0.1) is 11.6 Å². The zero-order valence-corrected chi connectivity index (χ0v) is 23.0. The van der Waals surface area contributed by atoms with Crippen molar-refractivity contribution in [2.75, 3.05) is 7.11 Å². The quantitative estimate of drug-likeness (QED) is 0.218. The monoisotopic (exact) mass is 580 g/mol. The highest BCUT2D eigenvalue weighted by molar-refractivity contribution is 7.85. The van der Waals surface area contributed by atoms with Crippen molar-refractivity contribution in [3.8, 4) is 17.0 Å². The summed E-state index contributed by atoms with van der Waals surface area (Å²) in [5.41, 5.74) is 2.34. The number of hydrogen-bond donors (Lipinski definition) is 2. The van der Waals surface area contributed by atoms with E-state index in [0.717, 1.165) is 23.4 Å². The van der Waals surface area contributed by atoms with Gasteiger partial charge in [0.05, 0.1) is 28.4 Å². The molecular weight excluding hydrogens is 557 g/mol. The van der Waals surface area contributed by atoms with Crippen molar-refractivity contribution in [3.63, 3.8) is 0 Å². The number of nitrogens with zero attached hydrogens (tertiary/aromatic N) is 1. The summed E-state index contributed by atoms with van der Waals surface area (Å²) in [5.74, 6) is -0.211. The van der Waals surface area contributed by atoms with E-state index in [4.69, 9.17) is 32.9 Å². The second kappa shape index (κ2) is 10.6. The van der Waals surface area contributed by atoms with Crippen LogP contribution in [0.5, 0.6) is 5.75 Å². The van der Waals surface area contributed by atoms with Gasteiger partial charge in [0.2, 0.25) is 0 Å². The van der Waals surface area contributed by atoms with Crippen LogP contribution in [0.1, 0.15) is 36.5 Å². The Morgan fingerprint density at radius 1 is 1.00 bits per heavy atom. The minimum absolute atomic E-state index is 0.0852. The van der Waals surface area contributed by atoms with E-state index < -0.39 is 26.2 Å². The van der Waals surface area contributed by atoms with Gasteiger partial charge in [-0.3, -0.25) is 4.55 Å². The number of aryl methyl sites for hydroxylation is 1. The molecular formula is C27H24Cl2F2N2O4S. The van der Waals surface area contributed by atoms with E-state index in [1.165, 1.54) is 19.2 Å². The van der Waals surface area contributed by atoms with Gasteiger partial charge in [-0.1, -0.05) is 43.1 Å². The molecule has 0 atom stereocenters. The first kappa shape index (κ1) is 28.0. The molecule has 4 aromatic rings. The van der Waals surface area contributed by atoms with Crippen LogP contribution >= 0.6 is 23.2 Å². The number of H-pyrrole nitrogens is 1. The van der Waals surface area contributed by atoms with Crippen molar-refractivity contribution in [2.24, 2.45) is 0 Å². The van der Waals surface area contributed by atoms with Gasteiger partial charge in [-0.05, 0) is 60.5 Å². The van der Waals surface area contributed by atoms with Crippen LogP contribution in [0.3, 0.4) is 0 Å². The third kappa shape index (κ3) is 5.71. The largest absolute Gasteiger partial charge is 0.495 e. The molecule has 0 aliphatic heterocycles. The van der Waals surface area contributed by atoms with Gasteiger partial charge in [0.1, 0.15) is 23.2 Å². The molecule has 38 heavy (non-hydrogen) atoms. The molecule has 0 radical (unpaired) electrons. The summed E-state index contributed by atoms with van der Waals surface area (Å²) in [7, 11) is -3.07. The van der Waals surface area contributed by atoms with Crippen LogP contribution in [-0.2, 0) is 28.4 Å². The smallest absolute Gasteiger partial charge is 0.294 e. The number of hydrogen-bond acceptors (Lipinski definition) is 4. The molecule has 4 rings (SSSR count). The van der Waals surface area contributed by atoms with Crippen molar-refractivity contribution in [3.05, 3.63) is 98.9 Å². The molecule has 0 amide bonds. The molecule has 11 heteroatoms. The molecule has 0 bridgehead atoms. The van der Waals surface area contributed by atoms with Gasteiger partial charge in [-0.2, -0.15) is 8.42 Å². The van der Waals surface area contributed by atoms with E-state index in [1.54, 1.807) is 18.2 Å². The van der Waals surface area contributed by atoms with Crippen LogP contribution in [0.4, 0.5) is 8.78 Å². The van der Waals surface area contributed by atoms with Crippen LogP contribution < -0.4 is 4.74 Å². The molecule has 1 aromatic heterocycles. The number of aromatic nitrogens is 2. The number of imidazole rings is 1. The molecule has 0 saturated heterocycles. The zero-order chi connectivity index (χ0) is 27.8. The lowest BCUT2D eigenvalue weighted by Crippen LogP contribution is -2.21. The van der Waals surface area contributed by atoms with Crippen molar-refractivity contribution in [1.82, 2.24) is 9.97 Å². The van der Waals surface area contributed by atoms with Crippen LogP contribution in [-0.4, -0.2) is 30.0 Å². The second-order valence-electron chi connectivity index (χ2n) is 9.23. The third-order valence-corrected chi connectivity index (χ3v) is 7.87. The molecule has 0 aliphatic rings. The first-order valence-electron chi connectivity index (χ1n) is 11.5. The fourth-order valence-corrected chi connectivity index (χ4v) is 5.29. The predicted molar refractivity (Wildman–Crippen MR) is 143 cm³/mol.